The molecule has 1 N–H and O–H groups in total. The van der Waals surface area contributed by atoms with Gasteiger partial charge in [0.15, 0.2) is 11.5 Å². The van der Waals surface area contributed by atoms with Crippen LogP contribution in [-0.4, -0.2) is 44.5 Å². The summed E-state index contributed by atoms with van der Waals surface area (Å²) in [5, 5.41) is 10.1. The first-order valence-electron chi connectivity index (χ1n) is 8.05. The van der Waals surface area contributed by atoms with Crippen LogP contribution in [0.25, 0.3) is 22.2 Å². The summed E-state index contributed by atoms with van der Waals surface area (Å²) < 4.78 is 21.3. The first-order chi connectivity index (χ1) is 13.0. The van der Waals surface area contributed by atoms with Crippen molar-refractivity contribution in [2.24, 2.45) is 0 Å². The Kier molecular flexibility index (Phi) is 5.03. The number of pyridine rings is 1. The molecule has 7 heteroatoms. The third-order valence-electron chi connectivity index (χ3n) is 4.22. The van der Waals surface area contributed by atoms with E-state index in [0.717, 1.165) is 5.56 Å². The van der Waals surface area contributed by atoms with E-state index in [1.54, 1.807) is 25.3 Å². The van der Waals surface area contributed by atoms with Crippen molar-refractivity contribution in [2.75, 3.05) is 28.4 Å². The van der Waals surface area contributed by atoms with Gasteiger partial charge in [0.1, 0.15) is 5.75 Å². The Morgan fingerprint density at radius 1 is 0.889 bits per heavy atom. The Morgan fingerprint density at radius 3 is 2.07 bits per heavy atom. The zero-order valence-corrected chi connectivity index (χ0v) is 15.4. The van der Waals surface area contributed by atoms with Crippen LogP contribution in [0.1, 0.15) is 10.4 Å². The predicted molar refractivity (Wildman–Crippen MR) is 100 cm³/mol. The van der Waals surface area contributed by atoms with Crippen LogP contribution in [0.2, 0.25) is 0 Å². The van der Waals surface area contributed by atoms with Gasteiger partial charge in [0.2, 0.25) is 5.75 Å². The van der Waals surface area contributed by atoms with Crippen molar-refractivity contribution in [3.05, 3.63) is 42.0 Å². The van der Waals surface area contributed by atoms with Gasteiger partial charge in [-0.1, -0.05) is 0 Å². The average molecular weight is 369 g/mol. The minimum absolute atomic E-state index is 0.0589. The van der Waals surface area contributed by atoms with Crippen molar-refractivity contribution < 1.29 is 28.8 Å². The Hall–Kier alpha value is -3.48. The monoisotopic (exact) mass is 369 g/mol. The number of hydrogen-bond acceptors (Lipinski definition) is 6. The third kappa shape index (κ3) is 3.19. The van der Waals surface area contributed by atoms with Crippen LogP contribution in [0, 0.1) is 0 Å². The lowest BCUT2D eigenvalue weighted by atomic mass is 10.0. The second kappa shape index (κ2) is 7.41. The lowest BCUT2D eigenvalue weighted by molar-refractivity contribution is 0.0698. The molecule has 140 valence electrons. The van der Waals surface area contributed by atoms with Crippen LogP contribution in [0.15, 0.2) is 36.4 Å². The fourth-order valence-electron chi connectivity index (χ4n) is 2.94. The quantitative estimate of drug-likeness (QED) is 0.710. The Morgan fingerprint density at radius 2 is 1.56 bits per heavy atom. The lowest BCUT2D eigenvalue weighted by Crippen LogP contribution is -2.04. The number of fused-ring (bicyclic) bond motifs is 1. The Balaban J connectivity index is 2.34. The largest absolute Gasteiger partial charge is 0.497 e. The summed E-state index contributed by atoms with van der Waals surface area (Å²) in [5.41, 5.74) is 1.75. The average Bonchev–Trinajstić information content (AvgIpc) is 2.71. The smallest absolute Gasteiger partial charge is 0.336 e. The van der Waals surface area contributed by atoms with Gasteiger partial charge in [-0.15, -0.1) is 0 Å². The molecule has 3 aromatic rings. The molecule has 1 heterocycles. The molecule has 0 aliphatic carbocycles. The van der Waals surface area contributed by atoms with Crippen LogP contribution < -0.4 is 18.9 Å². The number of methoxy groups -OCH3 is 4. The summed E-state index contributed by atoms with van der Waals surface area (Å²) in [5.74, 6) is 0.582. The van der Waals surface area contributed by atoms with Crippen molar-refractivity contribution in [1.29, 1.82) is 0 Å². The molecule has 27 heavy (non-hydrogen) atoms. The predicted octanol–water partition coefficient (Wildman–Crippen LogP) is 3.63. The maximum Gasteiger partial charge on any atom is 0.336 e. The number of carboxylic acid groups (broad SMARTS) is 1. The van der Waals surface area contributed by atoms with Crippen molar-refractivity contribution >= 4 is 16.9 Å². The molecule has 0 amide bonds. The molecule has 0 unspecified atom stereocenters. The molecule has 0 fully saturated rings. The van der Waals surface area contributed by atoms with E-state index in [1.165, 1.54) is 27.4 Å². The van der Waals surface area contributed by atoms with Gasteiger partial charge in [-0.3, -0.25) is 0 Å². The fourth-order valence-corrected chi connectivity index (χ4v) is 2.94. The SMILES string of the molecule is COc1ccc(-c2cc(C(=O)O)c3c(OC)c(OC)c(OC)cc3n2)cc1. The molecule has 0 radical (unpaired) electrons. The topological polar surface area (TPSA) is 87.1 Å². The number of aromatic carboxylic acids is 1. The first kappa shape index (κ1) is 18.3. The first-order valence-corrected chi connectivity index (χ1v) is 8.05. The van der Waals surface area contributed by atoms with Gasteiger partial charge >= 0.3 is 5.97 Å². The molecule has 0 saturated heterocycles. The molecule has 3 rings (SSSR count). The highest BCUT2D eigenvalue weighted by Gasteiger charge is 2.23. The van der Waals surface area contributed by atoms with Gasteiger partial charge in [-0.25, -0.2) is 9.78 Å². The Labute approximate surface area is 156 Å². The normalized spacial score (nSPS) is 10.5. The third-order valence-corrected chi connectivity index (χ3v) is 4.22. The summed E-state index contributed by atoms with van der Waals surface area (Å²) in [6.45, 7) is 0. The van der Waals surface area contributed by atoms with E-state index in [1.807, 2.05) is 12.1 Å². The van der Waals surface area contributed by atoms with Crippen molar-refractivity contribution in [3.8, 4) is 34.3 Å². The molecular weight excluding hydrogens is 350 g/mol. The maximum absolute atomic E-state index is 11.9. The zero-order valence-electron chi connectivity index (χ0n) is 15.4. The number of carbonyl (C=O) groups is 1. The fraction of sp³-hybridized carbons (Fsp3) is 0.200. The standard InChI is InChI=1S/C20H19NO6/c1-24-12-7-5-11(6-8-12)14-9-13(20(22)23)17-15(21-14)10-16(25-2)18(26-3)19(17)27-4/h5-10H,1-4H3,(H,22,23). The van der Waals surface area contributed by atoms with Gasteiger partial charge in [0.05, 0.1) is 50.6 Å². The van der Waals surface area contributed by atoms with Crippen LogP contribution in [0.3, 0.4) is 0 Å². The minimum atomic E-state index is -1.09. The van der Waals surface area contributed by atoms with Crippen LogP contribution in [0.5, 0.6) is 23.0 Å². The number of aromatic nitrogens is 1. The second-order valence-corrected chi connectivity index (χ2v) is 5.63. The van der Waals surface area contributed by atoms with Gasteiger partial charge in [0, 0.05) is 11.6 Å². The number of benzene rings is 2. The van der Waals surface area contributed by atoms with Crippen molar-refractivity contribution in [2.45, 2.75) is 0 Å². The summed E-state index contributed by atoms with van der Waals surface area (Å²) in [4.78, 5) is 16.6. The van der Waals surface area contributed by atoms with Crippen LogP contribution in [0.4, 0.5) is 0 Å². The number of carboxylic acids is 1. The van der Waals surface area contributed by atoms with E-state index in [4.69, 9.17) is 18.9 Å². The second-order valence-electron chi connectivity index (χ2n) is 5.63. The molecule has 0 aliphatic rings. The van der Waals surface area contributed by atoms with Gasteiger partial charge < -0.3 is 24.1 Å². The summed E-state index contributed by atoms with van der Waals surface area (Å²) in [6.07, 6.45) is 0. The molecule has 1 aromatic heterocycles. The zero-order chi connectivity index (χ0) is 19.6. The van der Waals surface area contributed by atoms with Crippen LogP contribution in [-0.2, 0) is 0 Å². The van der Waals surface area contributed by atoms with E-state index in [0.29, 0.717) is 33.8 Å². The van der Waals surface area contributed by atoms with Crippen molar-refractivity contribution in [3.63, 3.8) is 0 Å². The van der Waals surface area contributed by atoms with Gasteiger partial charge in [0.25, 0.3) is 0 Å². The molecule has 7 nitrogen and oxygen atoms in total. The summed E-state index contributed by atoms with van der Waals surface area (Å²) in [7, 11) is 5.98. The van der Waals surface area contributed by atoms with Gasteiger partial charge in [-0.2, -0.15) is 0 Å². The number of ether oxygens (including phenoxy) is 4. The highest BCUT2D eigenvalue weighted by Crippen LogP contribution is 2.44. The summed E-state index contributed by atoms with van der Waals surface area (Å²) in [6, 6.07) is 10.4. The van der Waals surface area contributed by atoms with E-state index in [2.05, 4.69) is 4.98 Å². The minimum Gasteiger partial charge on any atom is -0.497 e. The number of rotatable bonds is 6. The molecule has 0 atom stereocenters. The molecule has 0 bridgehead atoms. The van der Waals surface area contributed by atoms with E-state index >= 15 is 0 Å². The number of hydrogen-bond donors (Lipinski definition) is 1. The van der Waals surface area contributed by atoms with Crippen LogP contribution >= 0.6 is 0 Å². The van der Waals surface area contributed by atoms with Crippen molar-refractivity contribution in [1.82, 2.24) is 4.98 Å². The highest BCUT2D eigenvalue weighted by atomic mass is 16.5. The molecule has 0 aliphatic heterocycles. The summed E-state index contributed by atoms with van der Waals surface area (Å²) >= 11 is 0. The number of nitrogens with zero attached hydrogens (tertiary/aromatic N) is 1. The lowest BCUT2D eigenvalue weighted by Gasteiger charge is -2.16. The van der Waals surface area contributed by atoms with E-state index in [-0.39, 0.29) is 11.3 Å². The van der Waals surface area contributed by atoms with Gasteiger partial charge in [-0.05, 0) is 30.3 Å². The molecule has 0 saturated carbocycles. The van der Waals surface area contributed by atoms with E-state index in [9.17, 15) is 9.90 Å². The van der Waals surface area contributed by atoms with E-state index < -0.39 is 5.97 Å². The highest BCUT2D eigenvalue weighted by molar-refractivity contribution is 6.08. The molecule has 0 spiro atoms. The Bertz CT molecular complexity index is 998. The molecule has 2 aromatic carbocycles. The molecular formula is C20H19NO6. The maximum atomic E-state index is 11.9.